The van der Waals surface area contributed by atoms with E-state index in [9.17, 15) is 8.42 Å². The maximum absolute atomic E-state index is 12.3. The first-order valence-electron chi connectivity index (χ1n) is 6.67. The largest absolute Gasteiger partial charge is 0.228 e. The minimum atomic E-state index is -3.48. The summed E-state index contributed by atoms with van der Waals surface area (Å²) in [5, 5.41) is 7.70. The molecule has 0 aliphatic carbocycles. The third-order valence-electron chi connectivity index (χ3n) is 3.09. The Balaban J connectivity index is 1.91. The lowest BCUT2D eigenvalue weighted by molar-refractivity contribution is 0.593. The Morgan fingerprint density at radius 3 is 2.18 bits per heavy atom. The van der Waals surface area contributed by atoms with E-state index in [0.29, 0.717) is 5.69 Å². The van der Waals surface area contributed by atoms with Crippen molar-refractivity contribution in [2.24, 2.45) is 0 Å². The Labute approximate surface area is 128 Å². The zero-order valence-electron chi connectivity index (χ0n) is 11.6. The molecule has 22 heavy (non-hydrogen) atoms. The van der Waals surface area contributed by atoms with Gasteiger partial charge in [0.15, 0.2) is 15.7 Å². The number of benzene rings is 2. The average molecular weight is 311 g/mol. The van der Waals surface area contributed by atoms with Crippen LogP contribution in [-0.2, 0) is 15.6 Å². The molecular formula is C16H13N3O2S. The molecule has 110 valence electrons. The van der Waals surface area contributed by atoms with Gasteiger partial charge in [-0.05, 0) is 12.1 Å². The standard InChI is InChI=1S/C16H13N3O2S/c20-22(21,14-9-5-2-6-10-14)12-16-18-15(11-17-19-16)13-7-3-1-4-8-13/h1-11H,12H2. The van der Waals surface area contributed by atoms with Gasteiger partial charge in [-0.2, -0.15) is 5.10 Å². The predicted molar refractivity (Wildman–Crippen MR) is 82.6 cm³/mol. The third-order valence-corrected chi connectivity index (χ3v) is 4.72. The molecule has 0 amide bonds. The highest BCUT2D eigenvalue weighted by Gasteiger charge is 2.17. The highest BCUT2D eigenvalue weighted by atomic mass is 32.2. The molecular weight excluding hydrogens is 298 g/mol. The molecule has 2 aromatic carbocycles. The quantitative estimate of drug-likeness (QED) is 0.740. The van der Waals surface area contributed by atoms with Crippen molar-refractivity contribution in [1.82, 2.24) is 15.2 Å². The summed E-state index contributed by atoms with van der Waals surface area (Å²) < 4.78 is 24.7. The van der Waals surface area contributed by atoms with Crippen molar-refractivity contribution in [3.63, 3.8) is 0 Å². The van der Waals surface area contributed by atoms with Gasteiger partial charge in [-0.1, -0.05) is 48.5 Å². The third kappa shape index (κ3) is 3.17. The van der Waals surface area contributed by atoms with Gasteiger partial charge in [0.2, 0.25) is 0 Å². The molecule has 1 aromatic heterocycles. The topological polar surface area (TPSA) is 72.8 Å². The van der Waals surface area contributed by atoms with Crippen LogP contribution in [0.3, 0.4) is 0 Å². The molecule has 3 aromatic rings. The van der Waals surface area contributed by atoms with Crippen molar-refractivity contribution in [2.75, 3.05) is 0 Å². The Morgan fingerprint density at radius 2 is 1.50 bits per heavy atom. The Morgan fingerprint density at radius 1 is 0.864 bits per heavy atom. The van der Waals surface area contributed by atoms with E-state index >= 15 is 0 Å². The molecule has 3 rings (SSSR count). The highest BCUT2D eigenvalue weighted by Crippen LogP contribution is 2.17. The summed E-state index contributed by atoms with van der Waals surface area (Å²) in [6, 6.07) is 17.7. The summed E-state index contributed by atoms with van der Waals surface area (Å²) >= 11 is 0. The van der Waals surface area contributed by atoms with E-state index in [1.807, 2.05) is 30.3 Å². The summed E-state index contributed by atoms with van der Waals surface area (Å²) in [6.45, 7) is 0. The van der Waals surface area contributed by atoms with Gasteiger partial charge in [0, 0.05) is 5.56 Å². The summed E-state index contributed by atoms with van der Waals surface area (Å²) in [4.78, 5) is 4.55. The van der Waals surface area contributed by atoms with Crippen molar-refractivity contribution in [2.45, 2.75) is 10.6 Å². The second-order valence-corrected chi connectivity index (χ2v) is 6.69. The molecule has 0 aliphatic heterocycles. The van der Waals surface area contributed by atoms with Crippen LogP contribution in [0.15, 0.2) is 71.8 Å². The number of sulfone groups is 1. The minimum absolute atomic E-state index is 0.185. The van der Waals surface area contributed by atoms with Gasteiger partial charge in [0.25, 0.3) is 0 Å². The fourth-order valence-electron chi connectivity index (χ4n) is 2.03. The molecule has 0 saturated carbocycles. The number of nitrogens with zero attached hydrogens (tertiary/aromatic N) is 3. The number of aromatic nitrogens is 3. The number of rotatable bonds is 4. The predicted octanol–water partition coefficient (Wildman–Crippen LogP) is 2.51. The molecule has 0 spiro atoms. The van der Waals surface area contributed by atoms with Gasteiger partial charge < -0.3 is 0 Å². The fourth-order valence-corrected chi connectivity index (χ4v) is 3.23. The minimum Gasteiger partial charge on any atom is -0.228 e. The van der Waals surface area contributed by atoms with Crippen LogP contribution >= 0.6 is 0 Å². The smallest absolute Gasteiger partial charge is 0.185 e. The van der Waals surface area contributed by atoms with E-state index < -0.39 is 9.84 Å². The van der Waals surface area contributed by atoms with Crippen LogP contribution < -0.4 is 0 Å². The lowest BCUT2D eigenvalue weighted by Crippen LogP contribution is -2.09. The molecule has 0 N–H and O–H groups in total. The van der Waals surface area contributed by atoms with Gasteiger partial charge in [0.05, 0.1) is 16.8 Å². The Hall–Kier alpha value is -2.60. The van der Waals surface area contributed by atoms with E-state index in [-0.39, 0.29) is 16.5 Å². The van der Waals surface area contributed by atoms with Crippen LogP contribution in [0.25, 0.3) is 11.3 Å². The molecule has 0 bridgehead atoms. The van der Waals surface area contributed by atoms with E-state index in [0.717, 1.165) is 5.56 Å². The monoisotopic (exact) mass is 311 g/mol. The van der Waals surface area contributed by atoms with E-state index in [1.54, 1.807) is 30.3 Å². The second kappa shape index (κ2) is 6.03. The van der Waals surface area contributed by atoms with Crippen molar-refractivity contribution < 1.29 is 8.42 Å². The molecule has 6 heteroatoms. The maximum atomic E-state index is 12.3. The van der Waals surface area contributed by atoms with Crippen LogP contribution in [0.1, 0.15) is 5.82 Å². The van der Waals surface area contributed by atoms with Crippen LogP contribution in [-0.4, -0.2) is 23.6 Å². The first kappa shape index (κ1) is 14.3. The molecule has 0 aliphatic rings. The van der Waals surface area contributed by atoms with Gasteiger partial charge in [-0.25, -0.2) is 13.4 Å². The lowest BCUT2D eigenvalue weighted by atomic mass is 10.2. The normalized spacial score (nSPS) is 11.3. The van der Waals surface area contributed by atoms with E-state index in [4.69, 9.17) is 0 Å². The number of hydrogen-bond donors (Lipinski definition) is 0. The van der Waals surface area contributed by atoms with Crippen molar-refractivity contribution in [3.8, 4) is 11.3 Å². The highest BCUT2D eigenvalue weighted by molar-refractivity contribution is 7.90. The fraction of sp³-hybridized carbons (Fsp3) is 0.0625. The SMILES string of the molecule is O=S(=O)(Cc1nncc(-c2ccccc2)n1)c1ccccc1. The van der Waals surface area contributed by atoms with Gasteiger partial charge in [-0.3, -0.25) is 0 Å². The van der Waals surface area contributed by atoms with Crippen LogP contribution in [0.2, 0.25) is 0 Å². The number of hydrogen-bond acceptors (Lipinski definition) is 5. The summed E-state index contributed by atoms with van der Waals surface area (Å²) in [5.74, 6) is -0.0878. The first-order valence-corrected chi connectivity index (χ1v) is 8.32. The molecule has 0 atom stereocenters. The Bertz CT molecular complexity index is 866. The molecule has 0 saturated heterocycles. The molecule has 0 radical (unpaired) electrons. The van der Waals surface area contributed by atoms with E-state index in [1.165, 1.54) is 6.20 Å². The second-order valence-electron chi connectivity index (χ2n) is 4.70. The van der Waals surface area contributed by atoms with Crippen LogP contribution in [0.4, 0.5) is 0 Å². The van der Waals surface area contributed by atoms with Gasteiger partial charge in [0.1, 0.15) is 5.75 Å². The van der Waals surface area contributed by atoms with E-state index in [2.05, 4.69) is 15.2 Å². The van der Waals surface area contributed by atoms with Crippen molar-refractivity contribution in [1.29, 1.82) is 0 Å². The van der Waals surface area contributed by atoms with Crippen molar-refractivity contribution in [3.05, 3.63) is 72.7 Å². The van der Waals surface area contributed by atoms with Crippen molar-refractivity contribution >= 4 is 9.84 Å². The Kier molecular flexibility index (Phi) is 3.93. The molecule has 0 unspecified atom stereocenters. The van der Waals surface area contributed by atoms with Gasteiger partial charge in [-0.15, -0.1) is 5.10 Å². The molecule has 1 heterocycles. The van der Waals surface area contributed by atoms with Crippen LogP contribution in [0, 0.1) is 0 Å². The zero-order valence-corrected chi connectivity index (χ0v) is 12.4. The summed E-state index contributed by atoms with van der Waals surface area (Å²) in [6.07, 6.45) is 1.52. The summed E-state index contributed by atoms with van der Waals surface area (Å²) in [7, 11) is -3.48. The average Bonchev–Trinajstić information content (AvgIpc) is 2.56. The van der Waals surface area contributed by atoms with Crippen LogP contribution in [0.5, 0.6) is 0 Å². The van der Waals surface area contributed by atoms with Gasteiger partial charge >= 0.3 is 0 Å². The zero-order chi connectivity index (χ0) is 15.4. The summed E-state index contributed by atoms with van der Waals surface area (Å²) in [5.41, 5.74) is 1.48. The molecule has 0 fully saturated rings. The first-order chi connectivity index (χ1) is 10.6. The maximum Gasteiger partial charge on any atom is 0.185 e. The molecule has 5 nitrogen and oxygen atoms in total. The lowest BCUT2D eigenvalue weighted by Gasteiger charge is -2.05.